The van der Waals surface area contributed by atoms with Crippen LogP contribution in [0, 0.1) is 24.4 Å². The monoisotopic (exact) mass is 570 g/mol. The highest BCUT2D eigenvalue weighted by Gasteiger charge is 2.20. The van der Waals surface area contributed by atoms with E-state index in [0.29, 0.717) is 22.5 Å². The molecule has 10 nitrogen and oxygen atoms in total. The fraction of sp³-hybridized carbons (Fsp3) is 0.192. The van der Waals surface area contributed by atoms with Gasteiger partial charge in [0.15, 0.2) is 17.5 Å². The largest absolute Gasteiger partial charge is 0.359 e. The molecule has 0 aliphatic rings. The maximum absolute atomic E-state index is 14.0. The first kappa shape index (κ1) is 26.9. The third kappa shape index (κ3) is 4.79. The molecule has 0 amide bonds. The lowest BCUT2D eigenvalue weighted by atomic mass is 10.2. The Hall–Kier alpha value is -4.65. The average molecular weight is 571 g/mol. The third-order valence-electron chi connectivity index (χ3n) is 6.17. The molecule has 0 fully saturated rings. The van der Waals surface area contributed by atoms with Gasteiger partial charge < -0.3 is 14.8 Å². The fourth-order valence-corrected chi connectivity index (χ4v) is 4.52. The van der Waals surface area contributed by atoms with Crippen molar-refractivity contribution in [2.75, 3.05) is 24.3 Å². The van der Waals surface area contributed by atoms with E-state index < -0.39 is 35.4 Å². The molecule has 3 heterocycles. The van der Waals surface area contributed by atoms with Crippen LogP contribution in [0.3, 0.4) is 0 Å². The summed E-state index contributed by atoms with van der Waals surface area (Å²) >= 11 is 6.52. The first-order valence-electron chi connectivity index (χ1n) is 11.8. The number of nitrogens with zero attached hydrogens (tertiary/aromatic N) is 7. The van der Waals surface area contributed by atoms with Crippen molar-refractivity contribution in [3.05, 3.63) is 97.3 Å². The smallest absolute Gasteiger partial charge is 0.348 e. The van der Waals surface area contributed by atoms with Gasteiger partial charge >= 0.3 is 11.4 Å². The van der Waals surface area contributed by atoms with Gasteiger partial charge in [0.1, 0.15) is 0 Å². The van der Waals surface area contributed by atoms with Crippen LogP contribution >= 0.6 is 11.6 Å². The van der Waals surface area contributed by atoms with E-state index >= 15 is 0 Å². The highest BCUT2D eigenvalue weighted by molar-refractivity contribution is 6.34. The summed E-state index contributed by atoms with van der Waals surface area (Å²) in [6.45, 7) is 1.27. The van der Waals surface area contributed by atoms with Crippen LogP contribution in [-0.2, 0) is 13.6 Å². The van der Waals surface area contributed by atoms with Gasteiger partial charge in [0, 0.05) is 27.3 Å². The summed E-state index contributed by atoms with van der Waals surface area (Å²) in [5.74, 6) is -4.09. The molecule has 5 aromatic rings. The zero-order valence-corrected chi connectivity index (χ0v) is 22.5. The molecule has 0 saturated heterocycles. The van der Waals surface area contributed by atoms with Crippen LogP contribution in [-0.4, -0.2) is 42.7 Å². The molecule has 5 rings (SSSR count). The maximum Gasteiger partial charge on any atom is 0.359 e. The van der Waals surface area contributed by atoms with E-state index in [1.807, 2.05) is 30.6 Å². The van der Waals surface area contributed by atoms with Crippen LogP contribution in [0.15, 0.2) is 52.3 Å². The van der Waals surface area contributed by atoms with Crippen molar-refractivity contribution < 1.29 is 13.2 Å². The molecular formula is C26H22ClF3N8O2. The molecular weight excluding hydrogens is 549 g/mol. The standard InChI is InChI=1S/C26H22ClF3N8O2/c1-13-5-15(11-31-10-13)38-25(39)34-23(37(26(38)40)12-14-6-17(28)22(30)18(29)7-14)32-19-9-21-20(8-16(19)27)33-24(35(2)3)36(21)4/h5-11H,12H2,1-4H3,(H,32,34,39). The Kier molecular flexibility index (Phi) is 6.84. The van der Waals surface area contributed by atoms with Crippen LogP contribution in [0.5, 0.6) is 0 Å². The lowest BCUT2D eigenvalue weighted by molar-refractivity contribution is 0.444. The molecule has 206 valence electrons. The van der Waals surface area contributed by atoms with Gasteiger partial charge in [-0.1, -0.05) is 11.6 Å². The minimum absolute atomic E-state index is 0.0836. The van der Waals surface area contributed by atoms with Gasteiger partial charge in [-0.2, -0.15) is 4.98 Å². The average Bonchev–Trinajstić information content (AvgIpc) is 3.20. The zero-order valence-electron chi connectivity index (χ0n) is 21.7. The molecule has 2 aromatic carbocycles. The molecule has 3 aromatic heterocycles. The van der Waals surface area contributed by atoms with Gasteiger partial charge in [0.25, 0.3) is 0 Å². The van der Waals surface area contributed by atoms with Crippen molar-refractivity contribution in [3.8, 4) is 5.69 Å². The van der Waals surface area contributed by atoms with Crippen LogP contribution < -0.4 is 21.6 Å². The predicted molar refractivity (Wildman–Crippen MR) is 145 cm³/mol. The Morgan fingerprint density at radius 1 is 1.00 bits per heavy atom. The number of hydrogen-bond acceptors (Lipinski definition) is 7. The Labute approximate surface area is 229 Å². The summed E-state index contributed by atoms with van der Waals surface area (Å²) in [5.41, 5.74) is 0.498. The SMILES string of the molecule is Cc1cncc(-n2c(=O)nc(Nc3cc4c(cc3Cl)nc(N(C)C)n4C)n(Cc3cc(F)c(F)c(F)c3)c2=O)c1. The van der Waals surface area contributed by atoms with E-state index in [1.54, 1.807) is 31.3 Å². The van der Waals surface area contributed by atoms with Crippen molar-refractivity contribution >= 4 is 40.2 Å². The Morgan fingerprint density at radius 2 is 1.70 bits per heavy atom. The molecule has 0 atom stereocenters. The fourth-order valence-electron chi connectivity index (χ4n) is 4.31. The Balaban J connectivity index is 1.69. The molecule has 0 saturated carbocycles. The molecule has 0 aliphatic heterocycles. The van der Waals surface area contributed by atoms with Gasteiger partial charge in [-0.15, -0.1) is 0 Å². The van der Waals surface area contributed by atoms with Gasteiger partial charge in [0.05, 0.1) is 40.2 Å². The zero-order chi connectivity index (χ0) is 28.9. The van der Waals surface area contributed by atoms with Crippen LogP contribution in [0.4, 0.5) is 30.8 Å². The highest BCUT2D eigenvalue weighted by Crippen LogP contribution is 2.31. The van der Waals surface area contributed by atoms with Gasteiger partial charge in [-0.05, 0) is 48.4 Å². The molecule has 0 spiro atoms. The quantitative estimate of drug-likeness (QED) is 0.309. The van der Waals surface area contributed by atoms with E-state index in [4.69, 9.17) is 11.6 Å². The Morgan fingerprint density at radius 3 is 2.35 bits per heavy atom. The van der Waals surface area contributed by atoms with Crippen LogP contribution in [0.1, 0.15) is 11.1 Å². The molecule has 0 radical (unpaired) electrons. The summed E-state index contributed by atoms with van der Waals surface area (Å²) in [6.07, 6.45) is 2.85. The molecule has 0 bridgehead atoms. The lowest BCUT2D eigenvalue weighted by Gasteiger charge is -2.17. The summed E-state index contributed by atoms with van der Waals surface area (Å²) in [6, 6.07) is 6.35. The number of aryl methyl sites for hydroxylation is 2. The van der Waals surface area contributed by atoms with Gasteiger partial charge in [-0.3, -0.25) is 9.55 Å². The highest BCUT2D eigenvalue weighted by atomic mass is 35.5. The second-order valence-electron chi connectivity index (χ2n) is 9.33. The number of fused-ring (bicyclic) bond motifs is 1. The number of aromatic nitrogens is 6. The van der Waals surface area contributed by atoms with Crippen molar-refractivity contribution in [3.63, 3.8) is 0 Å². The van der Waals surface area contributed by atoms with Crippen molar-refractivity contribution in [1.82, 2.24) is 28.7 Å². The van der Waals surface area contributed by atoms with Gasteiger partial charge in [-0.25, -0.2) is 32.3 Å². The number of pyridine rings is 1. The van der Waals surface area contributed by atoms with Crippen LogP contribution in [0.25, 0.3) is 16.7 Å². The second kappa shape index (κ2) is 10.2. The first-order chi connectivity index (χ1) is 18.9. The van der Waals surface area contributed by atoms with E-state index in [1.165, 1.54) is 6.20 Å². The number of nitrogens with one attached hydrogen (secondary N) is 1. The van der Waals surface area contributed by atoms with E-state index in [-0.39, 0.29) is 27.9 Å². The molecule has 0 aliphatic carbocycles. The normalized spacial score (nSPS) is 11.3. The number of rotatable bonds is 6. The molecule has 14 heteroatoms. The number of imidazole rings is 1. The molecule has 0 unspecified atom stereocenters. The van der Waals surface area contributed by atoms with Crippen molar-refractivity contribution in [2.24, 2.45) is 7.05 Å². The summed E-state index contributed by atoms with van der Waals surface area (Å²) < 4.78 is 45.2. The van der Waals surface area contributed by atoms with Crippen molar-refractivity contribution in [2.45, 2.75) is 13.5 Å². The minimum Gasteiger partial charge on any atom is -0.348 e. The molecule has 1 N–H and O–H groups in total. The summed E-state index contributed by atoms with van der Waals surface area (Å²) in [4.78, 5) is 41.2. The number of benzene rings is 2. The number of anilines is 3. The minimum atomic E-state index is -1.64. The topological polar surface area (TPSA) is 103 Å². The van der Waals surface area contributed by atoms with Crippen molar-refractivity contribution in [1.29, 1.82) is 0 Å². The van der Waals surface area contributed by atoms with Gasteiger partial charge in [0.2, 0.25) is 11.9 Å². The van der Waals surface area contributed by atoms with E-state index in [0.717, 1.165) is 21.3 Å². The van der Waals surface area contributed by atoms with E-state index in [9.17, 15) is 22.8 Å². The number of halogens is 4. The first-order valence-corrected chi connectivity index (χ1v) is 12.2. The number of hydrogen-bond donors (Lipinski definition) is 1. The Bertz CT molecular complexity index is 1890. The summed E-state index contributed by atoms with van der Waals surface area (Å²) in [5, 5.41) is 3.12. The third-order valence-corrected chi connectivity index (χ3v) is 6.48. The predicted octanol–water partition coefficient (Wildman–Crippen LogP) is 3.91. The van der Waals surface area contributed by atoms with E-state index in [2.05, 4.69) is 20.3 Å². The maximum atomic E-state index is 14.0. The molecule has 40 heavy (non-hydrogen) atoms. The second-order valence-corrected chi connectivity index (χ2v) is 9.73. The lowest BCUT2D eigenvalue weighted by Crippen LogP contribution is -2.41. The summed E-state index contributed by atoms with van der Waals surface area (Å²) in [7, 11) is 5.49. The van der Waals surface area contributed by atoms with Crippen LogP contribution in [0.2, 0.25) is 5.02 Å².